The number of halogens is 2. The lowest BCUT2D eigenvalue weighted by atomic mass is 9.76. The van der Waals surface area contributed by atoms with Gasteiger partial charge in [-0.05, 0) is 34.5 Å². The number of aromatic nitrogens is 1. The Labute approximate surface area is 134 Å². The van der Waals surface area contributed by atoms with Gasteiger partial charge < -0.3 is 10.2 Å². The molecule has 1 aliphatic carbocycles. The second-order valence-electron chi connectivity index (χ2n) is 4.95. The molecule has 0 aromatic carbocycles. The summed E-state index contributed by atoms with van der Waals surface area (Å²) in [6, 6.07) is 1.70. The minimum atomic E-state index is -1.33. The first-order chi connectivity index (χ1) is 9.74. The zero-order valence-electron chi connectivity index (χ0n) is 10.9. The van der Waals surface area contributed by atoms with Crippen LogP contribution in [-0.2, 0) is 9.59 Å². The highest BCUT2D eigenvalue weighted by atomic mass is 79.9. The lowest BCUT2D eigenvalue weighted by Gasteiger charge is -2.28. The molecule has 1 aromatic rings. The molecule has 5 nitrogen and oxygen atoms in total. The van der Waals surface area contributed by atoms with E-state index in [-0.39, 0.29) is 17.0 Å². The highest BCUT2D eigenvalue weighted by Gasteiger charge is 2.39. The van der Waals surface area contributed by atoms with Crippen molar-refractivity contribution in [2.75, 3.05) is 0 Å². The van der Waals surface area contributed by atoms with Crippen molar-refractivity contribution in [3.05, 3.63) is 45.2 Å². The number of hydrogen-bond donors (Lipinski definition) is 2. The predicted molar refractivity (Wildman–Crippen MR) is 80.8 cm³/mol. The molecule has 2 rings (SSSR count). The van der Waals surface area contributed by atoms with Crippen LogP contribution in [-0.4, -0.2) is 27.1 Å². The van der Waals surface area contributed by atoms with Crippen molar-refractivity contribution in [3.63, 3.8) is 0 Å². The highest BCUT2D eigenvalue weighted by Crippen LogP contribution is 2.43. The number of rotatable bonds is 3. The van der Waals surface area contributed by atoms with Gasteiger partial charge in [0.05, 0.1) is 16.0 Å². The van der Waals surface area contributed by atoms with E-state index < -0.39 is 17.4 Å². The summed E-state index contributed by atoms with van der Waals surface area (Å²) >= 11 is 9.43. The molecule has 0 bridgehead atoms. The number of allylic oxidation sites excluding steroid dienone is 2. The van der Waals surface area contributed by atoms with Crippen molar-refractivity contribution in [2.45, 2.75) is 13.3 Å². The molecule has 0 radical (unpaired) electrons. The zero-order chi connectivity index (χ0) is 15.8. The molecule has 1 heterocycles. The van der Waals surface area contributed by atoms with E-state index in [4.69, 9.17) is 11.6 Å². The number of nitrogens with zero attached hydrogens (tertiary/aromatic N) is 1. The van der Waals surface area contributed by atoms with Crippen molar-refractivity contribution in [2.24, 2.45) is 5.41 Å². The maximum Gasteiger partial charge on any atom is 0.333 e. The van der Waals surface area contributed by atoms with Crippen molar-refractivity contribution >= 4 is 45.0 Å². The highest BCUT2D eigenvalue weighted by molar-refractivity contribution is 9.10. The first-order valence-corrected chi connectivity index (χ1v) is 7.11. The maximum atomic E-state index is 11.5. The number of carbonyl (C=O) groups is 2. The molecular weight excluding hydrogens is 362 g/mol. The standard InChI is InChI=1S/C14H11BrClNO4/c1-14(13(20)21)3-9(7-2-8(15)6-17-5-7)11(16)10(4-14)12(18)19/h2-3,5-6H,4H2,1H3,(H,18,19)(H,20,21). The number of carboxylic acid groups (broad SMARTS) is 2. The van der Waals surface area contributed by atoms with Crippen LogP contribution in [0.2, 0.25) is 0 Å². The van der Waals surface area contributed by atoms with E-state index in [9.17, 15) is 19.8 Å². The summed E-state index contributed by atoms with van der Waals surface area (Å²) in [7, 11) is 0. The largest absolute Gasteiger partial charge is 0.481 e. The van der Waals surface area contributed by atoms with E-state index in [2.05, 4.69) is 20.9 Å². The molecule has 1 aliphatic rings. The molecule has 0 fully saturated rings. The first-order valence-electron chi connectivity index (χ1n) is 5.94. The smallest absolute Gasteiger partial charge is 0.333 e. The van der Waals surface area contributed by atoms with Crippen molar-refractivity contribution in [3.8, 4) is 0 Å². The Hall–Kier alpha value is -1.66. The Morgan fingerprint density at radius 1 is 1.38 bits per heavy atom. The summed E-state index contributed by atoms with van der Waals surface area (Å²) in [6.07, 6.45) is 4.39. The minimum absolute atomic E-state index is 0.0427. The molecule has 1 aromatic heterocycles. The van der Waals surface area contributed by atoms with E-state index in [1.54, 1.807) is 12.3 Å². The van der Waals surface area contributed by atoms with Gasteiger partial charge in [0.15, 0.2) is 0 Å². The summed E-state index contributed by atoms with van der Waals surface area (Å²) in [4.78, 5) is 26.8. The summed E-state index contributed by atoms with van der Waals surface area (Å²) < 4.78 is 0.685. The maximum absolute atomic E-state index is 11.5. The van der Waals surface area contributed by atoms with Crippen molar-refractivity contribution in [1.82, 2.24) is 4.98 Å². The van der Waals surface area contributed by atoms with Gasteiger partial charge >= 0.3 is 11.9 Å². The average Bonchev–Trinajstić information content (AvgIpc) is 2.40. The third-order valence-electron chi connectivity index (χ3n) is 3.27. The van der Waals surface area contributed by atoms with Gasteiger partial charge in [0.2, 0.25) is 0 Å². The topological polar surface area (TPSA) is 87.5 Å². The minimum Gasteiger partial charge on any atom is -0.481 e. The van der Waals surface area contributed by atoms with Gasteiger partial charge in [-0.15, -0.1) is 0 Å². The normalized spacial score (nSPS) is 22.0. The van der Waals surface area contributed by atoms with Crippen LogP contribution in [0.3, 0.4) is 0 Å². The van der Waals surface area contributed by atoms with Gasteiger partial charge in [0.1, 0.15) is 0 Å². The zero-order valence-corrected chi connectivity index (χ0v) is 13.3. The SMILES string of the molecule is CC1(C(=O)O)C=C(c2cncc(Br)c2)C(Cl)=C(C(=O)O)C1. The van der Waals surface area contributed by atoms with Crippen LogP contribution >= 0.6 is 27.5 Å². The molecule has 7 heteroatoms. The molecule has 0 amide bonds. The van der Waals surface area contributed by atoms with Gasteiger partial charge in [0.25, 0.3) is 0 Å². The van der Waals surface area contributed by atoms with E-state index in [0.29, 0.717) is 15.6 Å². The van der Waals surface area contributed by atoms with Gasteiger partial charge in [-0.25, -0.2) is 4.79 Å². The van der Waals surface area contributed by atoms with Gasteiger partial charge in [0, 0.05) is 28.9 Å². The Kier molecular flexibility index (Phi) is 4.20. The fourth-order valence-corrected chi connectivity index (χ4v) is 2.79. The second kappa shape index (κ2) is 5.61. The quantitative estimate of drug-likeness (QED) is 0.850. The Morgan fingerprint density at radius 3 is 2.57 bits per heavy atom. The van der Waals surface area contributed by atoms with Crippen molar-refractivity contribution in [1.29, 1.82) is 0 Å². The third kappa shape index (κ3) is 3.01. The number of aliphatic carboxylic acids is 2. The molecule has 1 atom stereocenters. The van der Waals surface area contributed by atoms with E-state index >= 15 is 0 Å². The summed E-state index contributed by atoms with van der Waals surface area (Å²) in [5.74, 6) is -2.33. The lowest BCUT2D eigenvalue weighted by molar-refractivity contribution is -0.145. The molecule has 110 valence electrons. The summed E-state index contributed by atoms with van der Waals surface area (Å²) in [6.45, 7) is 1.47. The summed E-state index contributed by atoms with van der Waals surface area (Å²) in [5, 5.41) is 18.7. The first kappa shape index (κ1) is 15.7. The van der Waals surface area contributed by atoms with Crippen LogP contribution in [0.5, 0.6) is 0 Å². The van der Waals surface area contributed by atoms with E-state index in [0.717, 1.165) is 0 Å². The lowest BCUT2D eigenvalue weighted by Crippen LogP contribution is -2.30. The molecule has 0 saturated carbocycles. The van der Waals surface area contributed by atoms with Crippen molar-refractivity contribution < 1.29 is 19.8 Å². The molecule has 0 saturated heterocycles. The molecule has 21 heavy (non-hydrogen) atoms. The Balaban J connectivity index is 2.66. The third-order valence-corrected chi connectivity index (χ3v) is 4.14. The molecule has 0 aliphatic heterocycles. The van der Waals surface area contributed by atoms with Gasteiger partial charge in [-0.3, -0.25) is 9.78 Å². The molecule has 1 unspecified atom stereocenters. The fourth-order valence-electron chi connectivity index (χ4n) is 2.12. The number of pyridine rings is 1. The predicted octanol–water partition coefficient (Wildman–Crippen LogP) is 3.30. The Bertz CT molecular complexity index is 698. The summed E-state index contributed by atoms with van der Waals surface area (Å²) in [5.41, 5.74) is -0.526. The van der Waals surface area contributed by atoms with Gasteiger partial charge in [-0.2, -0.15) is 0 Å². The van der Waals surface area contributed by atoms with E-state index in [1.165, 1.54) is 19.2 Å². The van der Waals surface area contributed by atoms with Gasteiger partial charge in [-0.1, -0.05) is 17.7 Å². The Morgan fingerprint density at radius 2 is 2.05 bits per heavy atom. The molecule has 0 spiro atoms. The number of hydrogen-bond acceptors (Lipinski definition) is 3. The average molecular weight is 373 g/mol. The molecule has 2 N–H and O–H groups in total. The van der Waals surface area contributed by atoms with Crippen LogP contribution in [0.4, 0.5) is 0 Å². The van der Waals surface area contributed by atoms with Crippen LogP contribution in [0.15, 0.2) is 39.6 Å². The monoisotopic (exact) mass is 371 g/mol. The molecular formula is C14H11BrClNO4. The van der Waals surface area contributed by atoms with Crippen LogP contribution in [0, 0.1) is 5.41 Å². The van der Waals surface area contributed by atoms with Crippen LogP contribution in [0.1, 0.15) is 18.9 Å². The fraction of sp³-hybridized carbons (Fsp3) is 0.214. The number of carboxylic acids is 2. The van der Waals surface area contributed by atoms with E-state index in [1.807, 2.05) is 0 Å². The second-order valence-corrected chi connectivity index (χ2v) is 6.24. The van der Waals surface area contributed by atoms with Crippen LogP contribution < -0.4 is 0 Å². The van der Waals surface area contributed by atoms with Crippen LogP contribution in [0.25, 0.3) is 5.57 Å².